The molecule has 0 aliphatic heterocycles. The van der Waals surface area contributed by atoms with E-state index in [4.69, 9.17) is 9.72 Å². The second-order valence-electron chi connectivity index (χ2n) is 7.92. The second-order valence-corrected chi connectivity index (χ2v) is 8.86. The molecule has 1 unspecified atom stereocenters. The van der Waals surface area contributed by atoms with Gasteiger partial charge in [0.15, 0.2) is 0 Å². The normalized spacial score (nSPS) is 16.7. The maximum absolute atomic E-state index is 13.1. The van der Waals surface area contributed by atoms with Crippen LogP contribution in [-0.2, 0) is 22.5 Å². The maximum atomic E-state index is 13.1. The number of esters is 1. The lowest BCUT2D eigenvalue weighted by Crippen LogP contribution is -2.20. The number of ether oxygens (including phenoxy) is 1. The third kappa shape index (κ3) is 4.65. The lowest BCUT2D eigenvalue weighted by atomic mass is 9.87. The van der Waals surface area contributed by atoms with Gasteiger partial charge in [-0.25, -0.2) is 4.98 Å². The van der Waals surface area contributed by atoms with Crippen LogP contribution in [0, 0.1) is 5.92 Å². The molecular formula is C24H23F3N2O2S. The number of aromatic nitrogens is 2. The van der Waals surface area contributed by atoms with Crippen LogP contribution >= 0.6 is 11.3 Å². The number of halogens is 3. The molecule has 4 nitrogen and oxygen atoms in total. The summed E-state index contributed by atoms with van der Waals surface area (Å²) in [6.45, 7) is 2.15. The molecule has 1 aliphatic carbocycles. The fourth-order valence-electron chi connectivity index (χ4n) is 4.09. The average Bonchev–Trinajstić information content (AvgIpc) is 3.36. The first-order valence-electron chi connectivity index (χ1n) is 10.3. The maximum Gasteiger partial charge on any atom is 0.412 e. The molecule has 0 N–H and O–H groups in total. The molecule has 0 saturated carbocycles. The Balaban J connectivity index is 1.56. The van der Waals surface area contributed by atoms with E-state index in [1.54, 1.807) is 6.92 Å². The van der Waals surface area contributed by atoms with Gasteiger partial charge in [-0.1, -0.05) is 37.3 Å². The van der Waals surface area contributed by atoms with E-state index >= 15 is 0 Å². The van der Waals surface area contributed by atoms with Crippen molar-refractivity contribution in [2.45, 2.75) is 38.9 Å². The minimum atomic E-state index is -4.30. The molecule has 1 aromatic carbocycles. The number of rotatable bonds is 6. The summed E-state index contributed by atoms with van der Waals surface area (Å²) in [5.74, 6) is -0.838. The molecule has 0 fully saturated rings. The van der Waals surface area contributed by atoms with Crippen molar-refractivity contribution >= 4 is 33.8 Å². The van der Waals surface area contributed by atoms with Crippen molar-refractivity contribution in [3.05, 3.63) is 69.8 Å². The first kappa shape index (κ1) is 22.3. The minimum Gasteiger partial charge on any atom is -0.469 e. The highest BCUT2D eigenvalue weighted by molar-refractivity contribution is 7.09. The van der Waals surface area contributed by atoms with Crippen LogP contribution in [0.5, 0.6) is 0 Å². The van der Waals surface area contributed by atoms with Gasteiger partial charge in [0.1, 0.15) is 5.01 Å². The monoisotopic (exact) mass is 460 g/mol. The minimum absolute atomic E-state index is 0.246. The van der Waals surface area contributed by atoms with Crippen molar-refractivity contribution in [1.29, 1.82) is 0 Å². The highest BCUT2D eigenvalue weighted by Gasteiger charge is 2.38. The third-order valence-corrected chi connectivity index (χ3v) is 6.57. The average molecular weight is 461 g/mol. The summed E-state index contributed by atoms with van der Waals surface area (Å²) >= 11 is 1.50. The topological polar surface area (TPSA) is 44.1 Å². The number of para-hydroxylation sites is 1. The summed E-state index contributed by atoms with van der Waals surface area (Å²) in [5.41, 5.74) is 3.18. The Morgan fingerprint density at radius 2 is 2.06 bits per heavy atom. The highest BCUT2D eigenvalue weighted by atomic mass is 32.1. The fourth-order valence-corrected chi connectivity index (χ4v) is 4.91. The number of carbonyl (C=O) groups excluding carboxylic acids is 1. The van der Waals surface area contributed by atoms with Crippen molar-refractivity contribution in [2.75, 3.05) is 7.11 Å². The number of hydrogen-bond acceptors (Lipinski definition) is 4. The van der Waals surface area contributed by atoms with E-state index in [2.05, 4.69) is 4.57 Å². The number of nitrogens with zero attached hydrogens (tertiary/aromatic N) is 2. The van der Waals surface area contributed by atoms with E-state index in [0.29, 0.717) is 25.8 Å². The molecule has 1 aliphatic rings. The van der Waals surface area contributed by atoms with E-state index in [0.717, 1.165) is 32.7 Å². The molecule has 0 amide bonds. The molecule has 32 heavy (non-hydrogen) atoms. The summed E-state index contributed by atoms with van der Waals surface area (Å²) < 4.78 is 46.1. The van der Waals surface area contributed by atoms with E-state index < -0.39 is 17.7 Å². The molecule has 4 rings (SSSR count). The van der Waals surface area contributed by atoms with Crippen molar-refractivity contribution in [2.24, 2.45) is 5.92 Å². The Bertz CT molecular complexity index is 1200. The predicted octanol–water partition coefficient (Wildman–Crippen LogP) is 6.16. The lowest BCUT2D eigenvalue weighted by molar-refractivity contribution is -0.140. The van der Waals surface area contributed by atoms with Crippen molar-refractivity contribution < 1.29 is 22.7 Å². The molecule has 0 spiro atoms. The van der Waals surface area contributed by atoms with Crippen molar-refractivity contribution in [1.82, 2.24) is 9.55 Å². The van der Waals surface area contributed by atoms with Gasteiger partial charge in [0.25, 0.3) is 0 Å². The summed E-state index contributed by atoms with van der Waals surface area (Å²) in [7, 11) is 1.38. The summed E-state index contributed by atoms with van der Waals surface area (Å²) in [6, 6.07) is 8.00. The molecule has 168 valence electrons. The molecular weight excluding hydrogens is 437 g/mol. The quantitative estimate of drug-likeness (QED) is 0.414. The van der Waals surface area contributed by atoms with Gasteiger partial charge in [-0.05, 0) is 36.0 Å². The first-order valence-corrected chi connectivity index (χ1v) is 11.2. The van der Waals surface area contributed by atoms with Crippen LogP contribution in [-0.4, -0.2) is 28.8 Å². The second kappa shape index (κ2) is 8.94. The van der Waals surface area contributed by atoms with E-state index in [1.807, 2.05) is 35.8 Å². The number of alkyl halides is 3. The lowest BCUT2D eigenvalue weighted by Gasteiger charge is -2.22. The smallest absolute Gasteiger partial charge is 0.412 e. The zero-order valence-corrected chi connectivity index (χ0v) is 18.6. The molecule has 0 bridgehead atoms. The van der Waals surface area contributed by atoms with Gasteiger partial charge in [-0.3, -0.25) is 4.79 Å². The van der Waals surface area contributed by atoms with Gasteiger partial charge in [0.2, 0.25) is 0 Å². The fraction of sp³-hybridized carbons (Fsp3) is 0.333. The van der Waals surface area contributed by atoms with Crippen LogP contribution < -0.4 is 0 Å². The Kier molecular flexibility index (Phi) is 6.24. The van der Waals surface area contributed by atoms with Crippen molar-refractivity contribution in [3.8, 4) is 0 Å². The molecule has 2 heterocycles. The van der Waals surface area contributed by atoms with Crippen LogP contribution in [0.4, 0.5) is 13.2 Å². The summed E-state index contributed by atoms with van der Waals surface area (Å²) in [6.07, 6.45) is 1.67. The number of aryl methyl sites for hydroxylation is 1. The number of benzene rings is 1. The van der Waals surface area contributed by atoms with Gasteiger partial charge < -0.3 is 9.30 Å². The number of hydrogen-bond donors (Lipinski definition) is 0. The molecule has 3 aromatic rings. The zero-order chi connectivity index (χ0) is 22.9. The number of fused-ring (bicyclic) bond motifs is 1. The largest absolute Gasteiger partial charge is 0.469 e. The van der Waals surface area contributed by atoms with Crippen LogP contribution in [0.3, 0.4) is 0 Å². The van der Waals surface area contributed by atoms with Gasteiger partial charge >= 0.3 is 12.1 Å². The summed E-state index contributed by atoms with van der Waals surface area (Å²) in [4.78, 5) is 16.3. The highest BCUT2D eigenvalue weighted by Crippen LogP contribution is 2.39. The van der Waals surface area contributed by atoms with E-state index in [-0.39, 0.29) is 5.97 Å². The Morgan fingerprint density at radius 1 is 1.28 bits per heavy atom. The molecule has 2 aromatic heterocycles. The number of methoxy groups -OCH3 is 1. The van der Waals surface area contributed by atoms with E-state index in [9.17, 15) is 18.0 Å². The van der Waals surface area contributed by atoms with Gasteiger partial charge in [0.05, 0.1) is 19.3 Å². The van der Waals surface area contributed by atoms with Crippen LogP contribution in [0.25, 0.3) is 16.5 Å². The standard InChI is InChI=1S/C24H23F3N2O2S/c1-15-11-16(7-9-19(15)24(25,26)27)20-14-32-22(28-20)13-29-12-17(8-10-23(30)31-2)18-5-3-4-6-21(18)29/h3-7,9,12,14-15H,8,10-11,13H2,1-2H3. The predicted molar refractivity (Wildman–Crippen MR) is 119 cm³/mol. The third-order valence-electron chi connectivity index (χ3n) is 5.73. The van der Waals surface area contributed by atoms with Gasteiger partial charge in [-0.15, -0.1) is 11.3 Å². The number of allylic oxidation sites excluding steroid dienone is 4. The molecule has 0 radical (unpaired) electrons. The number of carbonyl (C=O) groups is 1. The molecule has 8 heteroatoms. The summed E-state index contributed by atoms with van der Waals surface area (Å²) in [5, 5.41) is 3.87. The molecule has 1 atom stereocenters. The van der Waals surface area contributed by atoms with Crippen LogP contribution in [0.1, 0.15) is 36.0 Å². The van der Waals surface area contributed by atoms with Crippen LogP contribution in [0.15, 0.2) is 53.6 Å². The first-order chi connectivity index (χ1) is 15.3. The Hall–Kier alpha value is -2.87. The number of thiazole rings is 1. The molecule has 0 saturated heterocycles. The van der Waals surface area contributed by atoms with Crippen molar-refractivity contribution in [3.63, 3.8) is 0 Å². The van der Waals surface area contributed by atoms with E-state index in [1.165, 1.54) is 30.6 Å². The Morgan fingerprint density at radius 3 is 2.78 bits per heavy atom. The zero-order valence-electron chi connectivity index (χ0n) is 17.8. The van der Waals surface area contributed by atoms with Gasteiger partial charge in [-0.2, -0.15) is 13.2 Å². The Labute approximate surface area is 188 Å². The van der Waals surface area contributed by atoms with Crippen LogP contribution in [0.2, 0.25) is 0 Å². The van der Waals surface area contributed by atoms with Gasteiger partial charge in [0, 0.05) is 34.5 Å². The SMILES string of the molecule is COC(=O)CCc1cn(Cc2nc(C3=CC=C(C(F)(F)F)C(C)C3)cs2)c2ccccc12.